The van der Waals surface area contributed by atoms with Gasteiger partial charge in [0.1, 0.15) is 5.69 Å². The lowest BCUT2D eigenvalue weighted by Gasteiger charge is -2.09. The van der Waals surface area contributed by atoms with Gasteiger partial charge in [-0.25, -0.2) is 9.50 Å². The van der Waals surface area contributed by atoms with Crippen LogP contribution in [0.25, 0.3) is 5.65 Å². The lowest BCUT2D eigenvalue weighted by atomic mass is 10.2. The Morgan fingerprint density at radius 2 is 2.14 bits per heavy atom. The van der Waals surface area contributed by atoms with Crippen LogP contribution in [0.5, 0.6) is 0 Å². The molecular formula is C14H13N5O3. The van der Waals surface area contributed by atoms with Crippen molar-refractivity contribution in [2.45, 2.75) is 13.2 Å². The molecule has 0 aliphatic rings. The number of nitrogens with zero attached hydrogens (tertiary/aromatic N) is 4. The van der Waals surface area contributed by atoms with Gasteiger partial charge >= 0.3 is 0 Å². The molecule has 3 rings (SSSR count). The first-order valence-corrected chi connectivity index (χ1v) is 6.58. The summed E-state index contributed by atoms with van der Waals surface area (Å²) >= 11 is 0. The minimum atomic E-state index is -0.459. The lowest BCUT2D eigenvalue weighted by molar-refractivity contribution is -0.384. The summed E-state index contributed by atoms with van der Waals surface area (Å²) in [5.74, 6) is 0. The first-order valence-electron chi connectivity index (χ1n) is 6.58. The molecule has 8 heteroatoms. The summed E-state index contributed by atoms with van der Waals surface area (Å²) in [6.45, 7) is 0.168. The van der Waals surface area contributed by atoms with E-state index >= 15 is 0 Å². The Morgan fingerprint density at radius 1 is 1.27 bits per heavy atom. The van der Waals surface area contributed by atoms with Crippen LogP contribution in [0.15, 0.2) is 42.7 Å². The number of hydrogen-bond donors (Lipinski definition) is 2. The van der Waals surface area contributed by atoms with Gasteiger partial charge in [0.2, 0.25) is 0 Å². The Balaban J connectivity index is 1.90. The summed E-state index contributed by atoms with van der Waals surface area (Å²) in [6.07, 6.45) is 3.30. The van der Waals surface area contributed by atoms with E-state index in [0.29, 0.717) is 23.4 Å². The molecule has 8 nitrogen and oxygen atoms in total. The number of nitro groups is 1. The smallest absolute Gasteiger partial charge is 0.292 e. The Morgan fingerprint density at radius 3 is 2.91 bits per heavy atom. The van der Waals surface area contributed by atoms with Crippen molar-refractivity contribution in [1.82, 2.24) is 14.6 Å². The minimum absolute atomic E-state index is 0.0389. The highest BCUT2D eigenvalue weighted by atomic mass is 16.6. The van der Waals surface area contributed by atoms with Crippen LogP contribution in [-0.4, -0.2) is 24.6 Å². The second-order valence-corrected chi connectivity index (χ2v) is 4.66. The first kappa shape index (κ1) is 14.0. The van der Waals surface area contributed by atoms with Crippen molar-refractivity contribution in [3.05, 3.63) is 64.1 Å². The molecule has 0 spiro atoms. The highest BCUT2D eigenvalue weighted by Gasteiger charge is 2.14. The van der Waals surface area contributed by atoms with Crippen LogP contribution in [0.2, 0.25) is 0 Å². The molecule has 3 aromatic rings. The van der Waals surface area contributed by atoms with E-state index in [1.807, 2.05) is 0 Å². The van der Waals surface area contributed by atoms with Crippen LogP contribution < -0.4 is 5.32 Å². The fraction of sp³-hybridized carbons (Fsp3) is 0.143. The SMILES string of the molecule is O=[N+]([O-])c1ccc(CO)cc1NCc1ccnc2ccnn12. The van der Waals surface area contributed by atoms with Gasteiger partial charge in [0.25, 0.3) is 5.69 Å². The van der Waals surface area contributed by atoms with Gasteiger partial charge in [-0.3, -0.25) is 10.1 Å². The summed E-state index contributed by atoms with van der Waals surface area (Å²) < 4.78 is 1.66. The maximum absolute atomic E-state index is 11.1. The average Bonchev–Trinajstić information content (AvgIpc) is 3.01. The molecule has 0 aliphatic heterocycles. The predicted molar refractivity (Wildman–Crippen MR) is 79.3 cm³/mol. The zero-order valence-electron chi connectivity index (χ0n) is 11.5. The van der Waals surface area contributed by atoms with Gasteiger partial charge < -0.3 is 10.4 Å². The number of nitrogens with one attached hydrogen (secondary N) is 1. The summed E-state index contributed by atoms with van der Waals surface area (Å²) in [5.41, 5.74) is 2.44. The maximum Gasteiger partial charge on any atom is 0.292 e. The van der Waals surface area contributed by atoms with Crippen LogP contribution in [0, 0.1) is 10.1 Å². The molecule has 0 unspecified atom stereocenters. The Kier molecular flexibility index (Phi) is 3.67. The van der Waals surface area contributed by atoms with Gasteiger partial charge in [0, 0.05) is 18.3 Å². The fourth-order valence-corrected chi connectivity index (χ4v) is 2.19. The number of rotatable bonds is 5. The fourth-order valence-electron chi connectivity index (χ4n) is 2.19. The molecule has 0 aliphatic carbocycles. The molecule has 0 radical (unpaired) electrons. The lowest BCUT2D eigenvalue weighted by Crippen LogP contribution is -2.08. The number of aliphatic hydroxyl groups is 1. The monoisotopic (exact) mass is 299 g/mol. The van der Waals surface area contributed by atoms with Crippen molar-refractivity contribution in [3.63, 3.8) is 0 Å². The van der Waals surface area contributed by atoms with Gasteiger partial charge in [-0.05, 0) is 23.8 Å². The van der Waals surface area contributed by atoms with Gasteiger partial charge in [-0.1, -0.05) is 0 Å². The second kappa shape index (κ2) is 5.78. The van der Waals surface area contributed by atoms with Crippen LogP contribution in [-0.2, 0) is 13.2 Å². The van der Waals surface area contributed by atoms with Crippen molar-refractivity contribution in [1.29, 1.82) is 0 Å². The standard InChI is InChI=1S/C14H13N5O3/c20-9-10-1-2-13(19(21)22)12(7-10)16-8-11-3-5-15-14-4-6-17-18(11)14/h1-7,16,20H,8-9H2. The quantitative estimate of drug-likeness (QED) is 0.549. The van der Waals surface area contributed by atoms with Crippen LogP contribution in [0.4, 0.5) is 11.4 Å². The van der Waals surface area contributed by atoms with E-state index in [2.05, 4.69) is 15.4 Å². The molecule has 2 aromatic heterocycles. The topological polar surface area (TPSA) is 106 Å². The molecule has 1 aromatic carbocycles. The highest BCUT2D eigenvalue weighted by Crippen LogP contribution is 2.26. The molecule has 112 valence electrons. The third-order valence-electron chi connectivity index (χ3n) is 3.27. The first-order chi connectivity index (χ1) is 10.7. The van der Waals surface area contributed by atoms with Crippen LogP contribution >= 0.6 is 0 Å². The summed E-state index contributed by atoms with van der Waals surface area (Å²) in [6, 6.07) is 8.04. The molecular weight excluding hydrogens is 286 g/mol. The van der Waals surface area contributed by atoms with E-state index in [4.69, 9.17) is 0 Å². The number of fused-ring (bicyclic) bond motifs is 1. The molecule has 0 atom stereocenters. The third kappa shape index (κ3) is 2.59. The van der Waals surface area contributed by atoms with Crippen molar-refractivity contribution in [2.24, 2.45) is 0 Å². The van der Waals surface area contributed by atoms with Gasteiger partial charge in [0.05, 0.1) is 30.0 Å². The maximum atomic E-state index is 11.1. The van der Waals surface area contributed by atoms with Crippen LogP contribution in [0.3, 0.4) is 0 Å². The molecule has 0 saturated heterocycles. The van der Waals surface area contributed by atoms with Crippen molar-refractivity contribution in [3.8, 4) is 0 Å². The van der Waals surface area contributed by atoms with Gasteiger partial charge in [-0.15, -0.1) is 0 Å². The number of anilines is 1. The average molecular weight is 299 g/mol. The zero-order chi connectivity index (χ0) is 15.5. The summed E-state index contributed by atoms with van der Waals surface area (Å²) in [4.78, 5) is 14.8. The Hall–Kier alpha value is -3.00. The Bertz CT molecular complexity index is 830. The summed E-state index contributed by atoms with van der Waals surface area (Å²) in [5, 5.41) is 27.4. The van der Waals surface area contributed by atoms with E-state index < -0.39 is 4.92 Å². The summed E-state index contributed by atoms with van der Waals surface area (Å²) in [7, 11) is 0. The van der Waals surface area contributed by atoms with E-state index in [-0.39, 0.29) is 12.3 Å². The minimum Gasteiger partial charge on any atom is -0.392 e. The number of nitro benzene ring substituents is 1. The number of aromatic nitrogens is 3. The molecule has 0 bridgehead atoms. The molecule has 0 fully saturated rings. The van der Waals surface area contributed by atoms with E-state index in [9.17, 15) is 15.2 Å². The van der Waals surface area contributed by atoms with E-state index in [1.54, 1.807) is 35.1 Å². The van der Waals surface area contributed by atoms with Gasteiger partial charge in [0.15, 0.2) is 5.65 Å². The Labute approximate surface area is 125 Å². The van der Waals surface area contributed by atoms with Crippen molar-refractivity contribution < 1.29 is 10.0 Å². The second-order valence-electron chi connectivity index (χ2n) is 4.66. The van der Waals surface area contributed by atoms with Gasteiger partial charge in [-0.2, -0.15) is 5.10 Å². The van der Waals surface area contributed by atoms with E-state index in [1.165, 1.54) is 12.1 Å². The molecule has 0 amide bonds. The number of hydrogen-bond acceptors (Lipinski definition) is 6. The van der Waals surface area contributed by atoms with Crippen LogP contribution in [0.1, 0.15) is 11.3 Å². The number of benzene rings is 1. The normalized spacial score (nSPS) is 10.8. The van der Waals surface area contributed by atoms with Crippen molar-refractivity contribution in [2.75, 3.05) is 5.32 Å². The predicted octanol–water partition coefficient (Wildman–Crippen LogP) is 1.74. The number of aliphatic hydroxyl groups excluding tert-OH is 1. The third-order valence-corrected chi connectivity index (χ3v) is 3.27. The van der Waals surface area contributed by atoms with Crippen molar-refractivity contribution >= 4 is 17.0 Å². The molecule has 2 N–H and O–H groups in total. The molecule has 22 heavy (non-hydrogen) atoms. The molecule has 2 heterocycles. The zero-order valence-corrected chi connectivity index (χ0v) is 11.5. The highest BCUT2D eigenvalue weighted by molar-refractivity contribution is 5.62. The van der Waals surface area contributed by atoms with E-state index in [0.717, 1.165) is 5.69 Å². The largest absolute Gasteiger partial charge is 0.392 e. The molecule has 0 saturated carbocycles.